The first-order valence-corrected chi connectivity index (χ1v) is 18.8. The lowest BCUT2D eigenvalue weighted by Gasteiger charge is -2.28. The van der Waals surface area contributed by atoms with Crippen molar-refractivity contribution in [1.29, 1.82) is 0 Å². The van der Waals surface area contributed by atoms with Gasteiger partial charge in [0.15, 0.2) is 0 Å². The van der Waals surface area contributed by atoms with Gasteiger partial charge in [-0.25, -0.2) is 0 Å². The third-order valence-electron chi connectivity index (χ3n) is 10.1. The van der Waals surface area contributed by atoms with Crippen LogP contribution in [0.3, 0.4) is 0 Å². The summed E-state index contributed by atoms with van der Waals surface area (Å²) in [4.78, 5) is 52.9. The molecule has 0 bridgehead atoms. The molecule has 4 aromatic rings. The number of hydrogen-bond donors (Lipinski definition) is 6. The topological polar surface area (TPSA) is 171 Å². The van der Waals surface area contributed by atoms with E-state index in [0.717, 1.165) is 39.1 Å². The molecule has 0 saturated heterocycles. The molecule has 0 aliphatic rings. The predicted octanol–water partition coefficient (Wildman–Crippen LogP) is 4.95. The highest BCUT2D eigenvalue weighted by atomic mass is 16.3. The van der Waals surface area contributed by atoms with Crippen molar-refractivity contribution in [1.82, 2.24) is 16.0 Å². The van der Waals surface area contributed by atoms with E-state index < -0.39 is 53.8 Å². The summed E-state index contributed by atoms with van der Waals surface area (Å²) in [5.41, 5.74) is 8.23. The summed E-state index contributed by atoms with van der Waals surface area (Å²) >= 11 is 0. The van der Waals surface area contributed by atoms with Gasteiger partial charge in [0.05, 0.1) is 37.3 Å². The summed E-state index contributed by atoms with van der Waals surface area (Å²) in [6.07, 6.45) is 0.359. The van der Waals surface area contributed by atoms with Gasteiger partial charge < -0.3 is 26.6 Å². The number of imide groups is 1. The monoisotopic (exact) mass is 724 g/mol. The quantitative estimate of drug-likeness (QED) is 0.0795. The molecule has 4 aromatic carbocycles. The highest BCUT2D eigenvalue weighted by Crippen LogP contribution is 2.26. The van der Waals surface area contributed by atoms with Gasteiger partial charge >= 0.3 is 0 Å². The first kappa shape index (κ1) is 41.1. The smallest absolute Gasteiger partial charge is 0.237 e. The van der Waals surface area contributed by atoms with E-state index in [1.165, 1.54) is 0 Å². The second-order valence-corrected chi connectivity index (χ2v) is 14.7. The summed E-state index contributed by atoms with van der Waals surface area (Å²) < 4.78 is 0. The van der Waals surface area contributed by atoms with Gasteiger partial charge in [-0.1, -0.05) is 119 Å². The molecular weight excluding hydrogens is 668 g/mol. The molecule has 0 fully saturated rings. The number of carbonyl (C=O) groups excluding carboxylic acids is 4. The van der Waals surface area contributed by atoms with Crippen LogP contribution in [0.4, 0.5) is 0 Å². The van der Waals surface area contributed by atoms with Gasteiger partial charge in [-0.2, -0.15) is 0 Å². The van der Waals surface area contributed by atoms with Crippen molar-refractivity contribution < 1.29 is 29.4 Å². The standard InChI is InChI=1S/C43H56N4O6/c1-5-28(4)38(26-48)45-41(51)25-39(49)37(22-27(2)3)46-43(53)36(44)20-21-40(50)47-42(52)33(23-31-16-10-14-29-12-6-8-18-34(29)31)24-32-17-11-15-30-13-7-9-19-35(30)32/h6-19,27-28,33,36-39,48-49H,5,20-26,44H2,1-4H3,(H,45,51)(H,46,53)(H,47,50,52)/t28?,36-,37?,38+,39?/m0/s1. The van der Waals surface area contributed by atoms with Crippen LogP contribution in [-0.2, 0) is 32.0 Å². The van der Waals surface area contributed by atoms with Crippen molar-refractivity contribution in [3.63, 3.8) is 0 Å². The van der Waals surface area contributed by atoms with Crippen LogP contribution in [-0.4, -0.2) is 64.7 Å². The predicted molar refractivity (Wildman–Crippen MR) is 210 cm³/mol. The number of nitrogens with two attached hydrogens (primary N) is 1. The molecule has 0 aliphatic heterocycles. The van der Waals surface area contributed by atoms with Crippen LogP contribution >= 0.6 is 0 Å². The first-order chi connectivity index (χ1) is 25.4. The summed E-state index contributed by atoms with van der Waals surface area (Å²) in [7, 11) is 0. The molecule has 7 N–H and O–H groups in total. The van der Waals surface area contributed by atoms with Crippen LogP contribution in [0.1, 0.15) is 70.9 Å². The van der Waals surface area contributed by atoms with E-state index in [4.69, 9.17) is 5.73 Å². The van der Waals surface area contributed by atoms with Gasteiger partial charge in [0.25, 0.3) is 0 Å². The van der Waals surface area contributed by atoms with Gasteiger partial charge in [0.1, 0.15) is 0 Å². The van der Waals surface area contributed by atoms with Crippen molar-refractivity contribution >= 4 is 45.2 Å². The number of fused-ring (bicyclic) bond motifs is 2. The number of rotatable bonds is 19. The van der Waals surface area contributed by atoms with Gasteiger partial charge in [0.2, 0.25) is 23.6 Å². The first-order valence-electron chi connectivity index (χ1n) is 18.8. The summed E-state index contributed by atoms with van der Waals surface area (Å²) in [6, 6.07) is 25.8. The van der Waals surface area contributed by atoms with Crippen molar-refractivity contribution in [2.75, 3.05) is 6.61 Å². The van der Waals surface area contributed by atoms with E-state index in [1.54, 1.807) is 0 Å². The lowest BCUT2D eigenvalue weighted by Crippen LogP contribution is -2.52. The van der Waals surface area contributed by atoms with Crippen LogP contribution in [0.5, 0.6) is 0 Å². The van der Waals surface area contributed by atoms with Crippen molar-refractivity contribution in [2.45, 2.75) is 96.9 Å². The highest BCUT2D eigenvalue weighted by molar-refractivity contribution is 5.97. The maximum atomic E-state index is 13.8. The third-order valence-corrected chi connectivity index (χ3v) is 10.1. The molecule has 284 valence electrons. The molecule has 3 unspecified atom stereocenters. The van der Waals surface area contributed by atoms with Crippen LogP contribution in [0.2, 0.25) is 0 Å². The fourth-order valence-corrected chi connectivity index (χ4v) is 6.81. The second-order valence-electron chi connectivity index (χ2n) is 14.7. The van der Waals surface area contributed by atoms with Gasteiger partial charge in [0, 0.05) is 12.3 Å². The fourth-order valence-electron chi connectivity index (χ4n) is 6.81. The zero-order valence-corrected chi connectivity index (χ0v) is 31.4. The maximum Gasteiger partial charge on any atom is 0.237 e. The van der Waals surface area contributed by atoms with E-state index in [2.05, 4.69) is 16.0 Å². The Balaban J connectivity index is 1.39. The Kier molecular flexibility index (Phi) is 15.5. The van der Waals surface area contributed by atoms with Gasteiger partial charge in [-0.05, 0) is 70.2 Å². The van der Waals surface area contributed by atoms with Gasteiger partial charge in [-0.3, -0.25) is 24.5 Å². The van der Waals surface area contributed by atoms with E-state index in [9.17, 15) is 29.4 Å². The molecule has 0 aliphatic carbocycles. The Morgan fingerprint density at radius 1 is 0.717 bits per heavy atom. The zero-order valence-electron chi connectivity index (χ0n) is 31.4. The van der Waals surface area contributed by atoms with Crippen molar-refractivity contribution in [3.8, 4) is 0 Å². The van der Waals surface area contributed by atoms with E-state index >= 15 is 0 Å². The molecule has 4 amide bonds. The molecule has 5 atom stereocenters. The second kappa shape index (κ2) is 20.0. The normalized spacial score (nSPS) is 14.4. The minimum atomic E-state index is -1.19. The zero-order chi connectivity index (χ0) is 38.5. The summed E-state index contributed by atoms with van der Waals surface area (Å²) in [5, 5.41) is 33.0. The number of benzene rings is 4. The lowest BCUT2D eigenvalue weighted by atomic mass is 9.88. The summed E-state index contributed by atoms with van der Waals surface area (Å²) in [6.45, 7) is 7.54. The van der Waals surface area contributed by atoms with Crippen molar-refractivity contribution in [2.24, 2.45) is 23.5 Å². The number of nitrogens with one attached hydrogen (secondary N) is 3. The Hall–Kier alpha value is -4.64. The molecule has 10 heteroatoms. The Labute approximate surface area is 312 Å². The van der Waals surface area contributed by atoms with Gasteiger partial charge in [-0.15, -0.1) is 0 Å². The minimum absolute atomic E-state index is 0.0275. The Morgan fingerprint density at radius 3 is 1.79 bits per heavy atom. The average molecular weight is 725 g/mol. The molecular formula is C43H56N4O6. The SMILES string of the molecule is CCC(C)[C@@H](CO)NC(=O)CC(O)C(CC(C)C)NC(=O)[C@@H](N)CCC(=O)NC(=O)C(Cc1cccc2ccccc12)Cc1cccc2ccccc12. The largest absolute Gasteiger partial charge is 0.394 e. The molecule has 4 rings (SSSR count). The van der Waals surface area contributed by atoms with Crippen LogP contribution in [0.25, 0.3) is 21.5 Å². The van der Waals surface area contributed by atoms with Crippen LogP contribution in [0, 0.1) is 17.8 Å². The molecule has 0 spiro atoms. The number of carbonyl (C=O) groups is 4. The molecule has 0 heterocycles. The average Bonchev–Trinajstić information content (AvgIpc) is 3.15. The Morgan fingerprint density at radius 2 is 1.26 bits per heavy atom. The van der Waals surface area contributed by atoms with Crippen LogP contribution in [0.15, 0.2) is 84.9 Å². The maximum absolute atomic E-state index is 13.8. The molecule has 10 nitrogen and oxygen atoms in total. The van der Waals surface area contributed by atoms with E-state index in [-0.39, 0.29) is 37.7 Å². The third kappa shape index (κ3) is 11.9. The number of hydrogen-bond acceptors (Lipinski definition) is 7. The minimum Gasteiger partial charge on any atom is -0.394 e. The van der Waals surface area contributed by atoms with Crippen molar-refractivity contribution in [3.05, 3.63) is 96.1 Å². The molecule has 0 aromatic heterocycles. The number of amides is 4. The molecule has 0 saturated carbocycles. The Bertz CT molecular complexity index is 1750. The molecule has 0 radical (unpaired) electrons. The van der Waals surface area contributed by atoms with E-state index in [0.29, 0.717) is 19.3 Å². The lowest BCUT2D eigenvalue weighted by molar-refractivity contribution is -0.133. The fraction of sp³-hybridized carbons (Fsp3) is 0.442. The van der Waals surface area contributed by atoms with Crippen LogP contribution < -0.4 is 21.7 Å². The highest BCUT2D eigenvalue weighted by Gasteiger charge is 2.29. The number of aliphatic hydroxyl groups excluding tert-OH is 2. The van der Waals surface area contributed by atoms with E-state index in [1.807, 2.05) is 113 Å². The summed E-state index contributed by atoms with van der Waals surface area (Å²) in [5.74, 6) is -2.33. The number of aliphatic hydroxyl groups is 2. The molecule has 53 heavy (non-hydrogen) atoms.